The number of carbonyl (C=O) groups excluding carboxylic acids is 1. The van der Waals surface area contributed by atoms with Gasteiger partial charge < -0.3 is 9.42 Å². The Kier molecular flexibility index (Phi) is 3.68. The number of rotatable bonds is 2. The number of hydrogen-bond donors (Lipinski definition) is 0. The van der Waals surface area contributed by atoms with Crippen LogP contribution in [0.15, 0.2) is 33.7 Å². The van der Waals surface area contributed by atoms with Crippen LogP contribution >= 0.6 is 11.8 Å². The van der Waals surface area contributed by atoms with E-state index in [-0.39, 0.29) is 17.2 Å². The molecule has 1 saturated heterocycles. The Balaban J connectivity index is 1.53. The van der Waals surface area contributed by atoms with E-state index in [0.717, 1.165) is 37.3 Å². The summed E-state index contributed by atoms with van der Waals surface area (Å²) in [5.41, 5.74) is 3.44. The van der Waals surface area contributed by atoms with Crippen molar-refractivity contribution in [1.29, 1.82) is 0 Å². The summed E-state index contributed by atoms with van der Waals surface area (Å²) in [5.74, 6) is 1.05. The lowest BCUT2D eigenvalue weighted by Crippen LogP contribution is -2.37. The van der Waals surface area contributed by atoms with E-state index in [2.05, 4.69) is 30.3 Å². The molecule has 3 heterocycles. The summed E-state index contributed by atoms with van der Waals surface area (Å²) in [7, 11) is 0. The van der Waals surface area contributed by atoms with E-state index in [9.17, 15) is 4.79 Å². The third-order valence-electron chi connectivity index (χ3n) is 4.70. The predicted octanol–water partition coefficient (Wildman–Crippen LogP) is 3.67. The fourth-order valence-corrected chi connectivity index (χ4v) is 4.90. The van der Waals surface area contributed by atoms with Gasteiger partial charge >= 0.3 is 0 Å². The van der Waals surface area contributed by atoms with Gasteiger partial charge in [-0.3, -0.25) is 4.79 Å². The van der Waals surface area contributed by atoms with Gasteiger partial charge in [-0.05, 0) is 44.7 Å². The summed E-state index contributed by atoms with van der Waals surface area (Å²) in [4.78, 5) is 16.3. The Labute approximate surface area is 140 Å². The predicted molar refractivity (Wildman–Crippen MR) is 89.5 cm³/mol. The van der Waals surface area contributed by atoms with Gasteiger partial charge in [0.05, 0.1) is 11.3 Å². The Morgan fingerprint density at radius 1 is 1.35 bits per heavy atom. The largest absolute Gasteiger partial charge is 0.361 e. The SMILES string of the molecule is Cc1ccc2c(c1)S[C@@H](C(=O)N1CCC[C@H]1c1cc(C)on1)C2. The number of aryl methyl sites for hydroxylation is 2. The van der Waals surface area contributed by atoms with Gasteiger partial charge in [-0.25, -0.2) is 0 Å². The molecule has 0 spiro atoms. The van der Waals surface area contributed by atoms with E-state index in [1.54, 1.807) is 11.8 Å². The van der Waals surface area contributed by atoms with Gasteiger partial charge in [0.25, 0.3) is 0 Å². The second-order valence-corrected chi connectivity index (χ2v) is 7.72. The fourth-order valence-electron chi connectivity index (χ4n) is 3.54. The summed E-state index contributed by atoms with van der Waals surface area (Å²) < 4.78 is 5.20. The maximum Gasteiger partial charge on any atom is 0.236 e. The van der Waals surface area contributed by atoms with Crippen LogP contribution in [0.25, 0.3) is 0 Å². The van der Waals surface area contributed by atoms with Crippen molar-refractivity contribution in [2.24, 2.45) is 0 Å². The number of nitrogens with zero attached hydrogens (tertiary/aromatic N) is 2. The molecule has 1 amide bonds. The monoisotopic (exact) mass is 328 g/mol. The summed E-state index contributed by atoms with van der Waals surface area (Å²) in [6.07, 6.45) is 2.84. The number of benzene rings is 1. The smallest absolute Gasteiger partial charge is 0.236 e. The number of thioether (sulfide) groups is 1. The molecule has 4 rings (SSSR count). The van der Waals surface area contributed by atoms with E-state index >= 15 is 0 Å². The highest BCUT2D eigenvalue weighted by atomic mass is 32.2. The van der Waals surface area contributed by atoms with Crippen molar-refractivity contribution in [2.45, 2.75) is 49.3 Å². The van der Waals surface area contributed by atoms with Crippen molar-refractivity contribution < 1.29 is 9.32 Å². The van der Waals surface area contributed by atoms with Crippen LogP contribution in [0.1, 0.15) is 41.5 Å². The lowest BCUT2D eigenvalue weighted by Gasteiger charge is -2.25. The number of hydrogen-bond acceptors (Lipinski definition) is 4. The van der Waals surface area contributed by atoms with Crippen molar-refractivity contribution in [3.8, 4) is 0 Å². The van der Waals surface area contributed by atoms with Crippen LogP contribution < -0.4 is 0 Å². The van der Waals surface area contributed by atoms with Crippen molar-refractivity contribution >= 4 is 17.7 Å². The summed E-state index contributed by atoms with van der Waals surface area (Å²) >= 11 is 1.71. The molecule has 0 N–H and O–H groups in total. The zero-order chi connectivity index (χ0) is 16.0. The molecule has 2 aromatic rings. The molecule has 0 bridgehead atoms. The lowest BCUT2D eigenvalue weighted by atomic mass is 10.1. The van der Waals surface area contributed by atoms with Gasteiger partial charge in [-0.2, -0.15) is 0 Å². The van der Waals surface area contributed by atoms with Gasteiger partial charge in [-0.1, -0.05) is 22.9 Å². The molecule has 0 unspecified atom stereocenters. The lowest BCUT2D eigenvalue weighted by molar-refractivity contribution is -0.131. The van der Waals surface area contributed by atoms with Gasteiger partial charge in [0, 0.05) is 17.5 Å². The Morgan fingerprint density at radius 2 is 2.22 bits per heavy atom. The quantitative estimate of drug-likeness (QED) is 0.844. The van der Waals surface area contributed by atoms with E-state index in [1.807, 2.05) is 17.9 Å². The van der Waals surface area contributed by atoms with Crippen molar-refractivity contribution in [3.05, 3.63) is 46.8 Å². The number of carbonyl (C=O) groups is 1. The van der Waals surface area contributed by atoms with Gasteiger partial charge in [-0.15, -0.1) is 11.8 Å². The molecule has 1 aromatic carbocycles. The number of fused-ring (bicyclic) bond motifs is 1. The number of aromatic nitrogens is 1. The van der Waals surface area contributed by atoms with Crippen LogP contribution in [0.2, 0.25) is 0 Å². The second kappa shape index (κ2) is 5.71. The van der Waals surface area contributed by atoms with E-state index in [0.29, 0.717) is 0 Å². The highest BCUT2D eigenvalue weighted by Crippen LogP contribution is 2.41. The van der Waals surface area contributed by atoms with Crippen LogP contribution in [0, 0.1) is 13.8 Å². The normalized spacial score (nSPS) is 23.3. The van der Waals surface area contributed by atoms with E-state index < -0.39 is 0 Å². The molecular weight excluding hydrogens is 308 g/mol. The highest BCUT2D eigenvalue weighted by molar-refractivity contribution is 8.01. The molecule has 0 radical (unpaired) electrons. The molecule has 1 fully saturated rings. The van der Waals surface area contributed by atoms with Crippen molar-refractivity contribution in [3.63, 3.8) is 0 Å². The minimum atomic E-state index is 0.000368. The van der Waals surface area contributed by atoms with Gasteiger partial charge in [0.15, 0.2) is 0 Å². The highest BCUT2D eigenvalue weighted by Gasteiger charge is 2.38. The molecule has 2 aliphatic rings. The fraction of sp³-hybridized carbons (Fsp3) is 0.444. The molecule has 4 nitrogen and oxygen atoms in total. The average Bonchev–Trinajstić information content (AvgIpc) is 3.23. The molecular formula is C18H20N2O2S. The number of likely N-dealkylation sites (tertiary alicyclic amines) is 1. The maximum atomic E-state index is 13.0. The van der Waals surface area contributed by atoms with Crippen molar-refractivity contribution in [2.75, 3.05) is 6.54 Å². The van der Waals surface area contributed by atoms with Crippen LogP contribution in [0.5, 0.6) is 0 Å². The minimum absolute atomic E-state index is 0.000368. The van der Waals surface area contributed by atoms with E-state index in [4.69, 9.17) is 4.52 Å². The molecule has 0 aliphatic carbocycles. The average molecular weight is 328 g/mol. The standard InChI is InChI=1S/C18H20N2O2S/c1-11-5-6-13-10-17(23-16(13)8-11)18(21)20-7-3-4-15(20)14-9-12(2)22-19-14/h5-6,8-9,15,17H,3-4,7,10H2,1-2H3/t15-,17+/m0/s1. The summed E-state index contributed by atoms with van der Waals surface area (Å²) in [5, 5.41) is 4.13. The summed E-state index contributed by atoms with van der Waals surface area (Å²) in [6, 6.07) is 8.51. The third-order valence-corrected chi connectivity index (χ3v) is 5.98. The first-order valence-corrected chi connectivity index (χ1v) is 8.99. The van der Waals surface area contributed by atoms with Crippen LogP contribution in [-0.4, -0.2) is 27.8 Å². The van der Waals surface area contributed by atoms with Crippen LogP contribution in [0.4, 0.5) is 0 Å². The Morgan fingerprint density at radius 3 is 3.00 bits per heavy atom. The summed E-state index contributed by atoms with van der Waals surface area (Å²) in [6.45, 7) is 4.81. The first-order chi connectivity index (χ1) is 11.1. The zero-order valence-electron chi connectivity index (χ0n) is 13.4. The van der Waals surface area contributed by atoms with Gasteiger partial charge in [0.1, 0.15) is 11.5 Å². The first-order valence-electron chi connectivity index (χ1n) is 8.12. The van der Waals surface area contributed by atoms with E-state index in [1.165, 1.54) is 16.0 Å². The molecule has 2 aliphatic heterocycles. The second-order valence-electron chi connectivity index (χ2n) is 6.47. The van der Waals surface area contributed by atoms with Gasteiger partial charge in [0.2, 0.25) is 5.91 Å². The molecule has 120 valence electrons. The molecule has 2 atom stereocenters. The van der Waals surface area contributed by atoms with Crippen LogP contribution in [-0.2, 0) is 11.2 Å². The number of amides is 1. The van der Waals surface area contributed by atoms with Crippen molar-refractivity contribution in [1.82, 2.24) is 10.1 Å². The molecule has 5 heteroatoms. The zero-order valence-corrected chi connectivity index (χ0v) is 14.2. The molecule has 1 aromatic heterocycles. The minimum Gasteiger partial charge on any atom is -0.361 e. The Bertz CT molecular complexity index is 755. The first kappa shape index (κ1) is 14.8. The van der Waals surface area contributed by atoms with Crippen LogP contribution in [0.3, 0.4) is 0 Å². The topological polar surface area (TPSA) is 46.3 Å². The molecule has 23 heavy (non-hydrogen) atoms. The molecule has 0 saturated carbocycles. The maximum absolute atomic E-state index is 13.0. The Hall–Kier alpha value is -1.75. The third kappa shape index (κ3) is 2.67.